The molecule has 3 N–H and O–H groups in total. The SMILES string of the molecule is C[C@@H](N)c1cnc(F)cc1-c1cccc2cc(-c3nc(NCCn4ccnn4)ncc3F)sc12. The molecule has 8 nitrogen and oxygen atoms in total. The van der Waals surface area contributed by atoms with Gasteiger partial charge in [0, 0.05) is 41.3 Å². The lowest BCUT2D eigenvalue weighted by atomic mass is 9.97. The molecule has 11 heteroatoms. The van der Waals surface area contributed by atoms with Crippen molar-refractivity contribution in [1.82, 2.24) is 29.9 Å². The molecule has 0 saturated carbocycles. The average Bonchev–Trinajstić information content (AvgIpc) is 3.49. The van der Waals surface area contributed by atoms with Crippen LogP contribution in [0.5, 0.6) is 0 Å². The first-order valence-corrected chi connectivity index (χ1v) is 11.4. The molecule has 4 heterocycles. The van der Waals surface area contributed by atoms with Crippen LogP contribution in [0.15, 0.2) is 55.1 Å². The Hall–Kier alpha value is -3.83. The molecule has 0 aliphatic carbocycles. The van der Waals surface area contributed by atoms with E-state index < -0.39 is 11.8 Å². The van der Waals surface area contributed by atoms with Crippen molar-refractivity contribution < 1.29 is 8.78 Å². The standard InChI is InChI=1S/C23H20F2N8S/c1-13(26)17-11-28-20(25)10-16(17)15-4-2-3-14-9-19(34-22(14)15)21-18(24)12-29-23(31-21)27-5-7-33-8-6-30-32-33/h2-4,6,8-13H,5,7,26H2,1H3,(H,27,29,31)/t13-/m1/s1. The summed E-state index contributed by atoms with van der Waals surface area (Å²) in [5.74, 6) is -0.803. The maximum atomic E-state index is 14.7. The van der Waals surface area contributed by atoms with E-state index in [0.29, 0.717) is 29.5 Å². The Morgan fingerprint density at radius 2 is 2.03 bits per heavy atom. The van der Waals surface area contributed by atoms with E-state index in [-0.39, 0.29) is 11.7 Å². The normalized spacial score (nSPS) is 12.2. The van der Waals surface area contributed by atoms with Crippen molar-refractivity contribution in [3.05, 3.63) is 72.4 Å². The van der Waals surface area contributed by atoms with Crippen LogP contribution in [-0.2, 0) is 6.54 Å². The fourth-order valence-electron chi connectivity index (χ4n) is 3.69. The minimum absolute atomic E-state index is 0.193. The van der Waals surface area contributed by atoms with Gasteiger partial charge in [-0.2, -0.15) is 4.39 Å². The maximum Gasteiger partial charge on any atom is 0.223 e. The summed E-state index contributed by atoms with van der Waals surface area (Å²) in [6.07, 6.45) is 5.96. The number of nitrogens with zero attached hydrogens (tertiary/aromatic N) is 6. The maximum absolute atomic E-state index is 14.7. The van der Waals surface area contributed by atoms with Crippen molar-refractivity contribution in [1.29, 1.82) is 0 Å². The van der Waals surface area contributed by atoms with E-state index in [4.69, 9.17) is 5.73 Å². The molecule has 34 heavy (non-hydrogen) atoms. The molecule has 0 amide bonds. The Kier molecular flexibility index (Phi) is 5.95. The molecule has 0 radical (unpaired) electrons. The first-order valence-electron chi connectivity index (χ1n) is 10.5. The number of aromatic nitrogens is 6. The van der Waals surface area contributed by atoms with Crippen molar-refractivity contribution in [3.63, 3.8) is 0 Å². The molecular weight excluding hydrogens is 458 g/mol. The van der Waals surface area contributed by atoms with Gasteiger partial charge >= 0.3 is 0 Å². The first kappa shape index (κ1) is 22.0. The summed E-state index contributed by atoms with van der Waals surface area (Å²) in [6, 6.07) is 8.63. The zero-order valence-corrected chi connectivity index (χ0v) is 18.9. The fourth-order valence-corrected chi connectivity index (χ4v) is 4.87. The van der Waals surface area contributed by atoms with E-state index in [9.17, 15) is 8.78 Å². The third-order valence-corrected chi connectivity index (χ3v) is 6.49. The number of fused-ring (bicyclic) bond motifs is 1. The van der Waals surface area contributed by atoms with Crippen LogP contribution in [0, 0.1) is 11.8 Å². The van der Waals surface area contributed by atoms with Crippen molar-refractivity contribution in [2.45, 2.75) is 19.5 Å². The molecule has 172 valence electrons. The van der Waals surface area contributed by atoms with E-state index in [1.807, 2.05) is 31.2 Å². The lowest BCUT2D eigenvalue weighted by Gasteiger charge is -2.13. The predicted octanol–water partition coefficient (Wildman–Crippen LogP) is 4.42. The van der Waals surface area contributed by atoms with Crippen LogP contribution >= 0.6 is 11.3 Å². The lowest BCUT2D eigenvalue weighted by Crippen LogP contribution is -2.13. The van der Waals surface area contributed by atoms with Gasteiger partial charge in [-0.25, -0.2) is 19.3 Å². The summed E-state index contributed by atoms with van der Waals surface area (Å²) < 4.78 is 31.3. The minimum atomic E-state index is -0.586. The van der Waals surface area contributed by atoms with Gasteiger partial charge in [0.15, 0.2) is 5.82 Å². The number of hydrogen-bond donors (Lipinski definition) is 2. The summed E-state index contributed by atoms with van der Waals surface area (Å²) in [6.45, 7) is 2.89. The third-order valence-electron chi connectivity index (χ3n) is 5.30. The topological polar surface area (TPSA) is 107 Å². The van der Waals surface area contributed by atoms with Gasteiger partial charge in [0.1, 0.15) is 5.69 Å². The lowest BCUT2D eigenvalue weighted by molar-refractivity contribution is 0.581. The van der Waals surface area contributed by atoms with E-state index >= 15 is 0 Å². The fraction of sp³-hybridized carbons (Fsp3) is 0.174. The smallest absolute Gasteiger partial charge is 0.223 e. The highest BCUT2D eigenvalue weighted by molar-refractivity contribution is 7.22. The second kappa shape index (κ2) is 9.20. The Bertz CT molecular complexity index is 1450. The number of halogens is 2. The molecule has 1 atom stereocenters. The minimum Gasteiger partial charge on any atom is -0.352 e. The van der Waals surface area contributed by atoms with Crippen LogP contribution < -0.4 is 11.1 Å². The largest absolute Gasteiger partial charge is 0.352 e. The number of nitrogens with two attached hydrogens (primary N) is 1. The van der Waals surface area contributed by atoms with Gasteiger partial charge in [-0.15, -0.1) is 16.4 Å². The predicted molar refractivity (Wildman–Crippen MR) is 127 cm³/mol. The monoisotopic (exact) mass is 478 g/mol. The number of benzene rings is 1. The zero-order chi connectivity index (χ0) is 23.7. The number of hydrogen-bond acceptors (Lipinski definition) is 8. The molecule has 0 aliphatic heterocycles. The summed E-state index contributed by atoms with van der Waals surface area (Å²) in [5.41, 5.74) is 8.51. The number of rotatable bonds is 7. The van der Waals surface area contributed by atoms with Crippen LogP contribution in [0.2, 0.25) is 0 Å². The highest BCUT2D eigenvalue weighted by Gasteiger charge is 2.18. The highest BCUT2D eigenvalue weighted by atomic mass is 32.1. The van der Waals surface area contributed by atoms with Crippen LogP contribution in [0.4, 0.5) is 14.7 Å². The Morgan fingerprint density at radius 3 is 2.82 bits per heavy atom. The quantitative estimate of drug-likeness (QED) is 0.333. The van der Waals surface area contributed by atoms with Crippen molar-refractivity contribution in [2.75, 3.05) is 11.9 Å². The van der Waals surface area contributed by atoms with E-state index in [0.717, 1.165) is 27.4 Å². The summed E-state index contributed by atoms with van der Waals surface area (Å²) >= 11 is 1.38. The molecule has 0 spiro atoms. The van der Waals surface area contributed by atoms with Gasteiger partial charge in [-0.05, 0) is 29.5 Å². The molecule has 0 unspecified atom stereocenters. The average molecular weight is 479 g/mol. The number of anilines is 1. The van der Waals surface area contributed by atoms with E-state index in [1.165, 1.54) is 23.6 Å². The molecule has 0 saturated heterocycles. The van der Waals surface area contributed by atoms with Crippen LogP contribution in [0.3, 0.4) is 0 Å². The molecule has 1 aromatic carbocycles. The zero-order valence-electron chi connectivity index (χ0n) is 18.1. The van der Waals surface area contributed by atoms with Crippen LogP contribution in [0.1, 0.15) is 18.5 Å². The van der Waals surface area contributed by atoms with Crippen LogP contribution in [-0.4, -0.2) is 36.5 Å². The summed E-state index contributed by atoms with van der Waals surface area (Å²) in [7, 11) is 0. The highest BCUT2D eigenvalue weighted by Crippen LogP contribution is 2.41. The Morgan fingerprint density at radius 1 is 1.15 bits per heavy atom. The molecule has 5 aromatic rings. The second-order valence-electron chi connectivity index (χ2n) is 7.70. The van der Waals surface area contributed by atoms with Crippen molar-refractivity contribution in [2.24, 2.45) is 5.73 Å². The van der Waals surface area contributed by atoms with Crippen LogP contribution in [0.25, 0.3) is 31.8 Å². The van der Waals surface area contributed by atoms with Gasteiger partial charge in [0.25, 0.3) is 0 Å². The Labute approximate surface area is 197 Å². The molecule has 0 fully saturated rings. The van der Waals surface area contributed by atoms with Crippen molar-refractivity contribution in [3.8, 4) is 21.7 Å². The van der Waals surface area contributed by atoms with Crippen molar-refractivity contribution >= 4 is 27.4 Å². The number of nitrogens with one attached hydrogen (secondary N) is 1. The molecule has 0 bridgehead atoms. The number of pyridine rings is 1. The molecule has 4 aromatic heterocycles. The third kappa shape index (κ3) is 4.35. The Balaban J connectivity index is 1.51. The number of thiophene rings is 1. The summed E-state index contributed by atoms with van der Waals surface area (Å²) in [5, 5.41) is 11.6. The van der Waals surface area contributed by atoms with Gasteiger partial charge in [0.2, 0.25) is 11.9 Å². The van der Waals surface area contributed by atoms with Gasteiger partial charge in [-0.3, -0.25) is 4.68 Å². The van der Waals surface area contributed by atoms with Gasteiger partial charge in [0.05, 0.1) is 23.8 Å². The second-order valence-corrected chi connectivity index (χ2v) is 8.75. The van der Waals surface area contributed by atoms with Gasteiger partial charge < -0.3 is 11.1 Å². The van der Waals surface area contributed by atoms with E-state index in [2.05, 4.69) is 30.6 Å². The molecule has 5 rings (SSSR count). The molecule has 0 aliphatic rings. The first-order chi connectivity index (χ1) is 16.5. The van der Waals surface area contributed by atoms with E-state index in [1.54, 1.807) is 17.1 Å². The molecular formula is C23H20F2N8S. The summed E-state index contributed by atoms with van der Waals surface area (Å²) in [4.78, 5) is 12.8. The van der Waals surface area contributed by atoms with Gasteiger partial charge in [-0.1, -0.05) is 23.4 Å².